The van der Waals surface area contributed by atoms with Crippen LogP contribution in [0.4, 0.5) is 0 Å². The standard InChI is InChI=1S/C15H20O3S/c1-12(7-9-17)19-11-14-10-15(18-2)6-5-13(14)4-3-8-16/h5-6,10,12,16-17H,7-9,11H2,1-2H3. The quantitative estimate of drug-likeness (QED) is 0.783. The van der Waals surface area contributed by atoms with Crippen LogP contribution in [-0.4, -0.2) is 35.8 Å². The zero-order valence-electron chi connectivity index (χ0n) is 11.3. The van der Waals surface area contributed by atoms with Gasteiger partial charge in [0.05, 0.1) is 7.11 Å². The van der Waals surface area contributed by atoms with Crippen LogP contribution in [0.15, 0.2) is 18.2 Å². The third kappa shape index (κ3) is 5.56. The van der Waals surface area contributed by atoms with E-state index < -0.39 is 0 Å². The largest absolute Gasteiger partial charge is 0.497 e. The average molecular weight is 280 g/mol. The molecule has 4 heteroatoms. The van der Waals surface area contributed by atoms with Crippen molar-refractivity contribution in [3.05, 3.63) is 29.3 Å². The molecule has 1 atom stereocenters. The van der Waals surface area contributed by atoms with Crippen LogP contribution in [-0.2, 0) is 5.75 Å². The van der Waals surface area contributed by atoms with Gasteiger partial charge in [-0.1, -0.05) is 18.8 Å². The second-order valence-corrected chi connectivity index (χ2v) is 5.54. The van der Waals surface area contributed by atoms with E-state index in [0.717, 1.165) is 29.1 Å². The van der Waals surface area contributed by atoms with Gasteiger partial charge in [-0.05, 0) is 30.2 Å². The first-order chi connectivity index (χ1) is 9.21. The summed E-state index contributed by atoms with van der Waals surface area (Å²) in [6.07, 6.45) is 0.784. The zero-order valence-corrected chi connectivity index (χ0v) is 12.2. The molecule has 0 spiro atoms. The molecule has 0 aliphatic heterocycles. The summed E-state index contributed by atoms with van der Waals surface area (Å²) in [6.45, 7) is 2.17. The molecule has 0 fully saturated rings. The smallest absolute Gasteiger partial charge is 0.119 e. The third-order valence-corrected chi connectivity index (χ3v) is 3.96. The molecule has 1 aromatic rings. The lowest BCUT2D eigenvalue weighted by atomic mass is 10.1. The Bertz CT molecular complexity index is 448. The predicted octanol–water partition coefficient (Wildman–Crippen LogP) is 2.04. The molecule has 0 heterocycles. The molecule has 104 valence electrons. The Labute approximate surface area is 119 Å². The fourth-order valence-electron chi connectivity index (χ4n) is 1.57. The van der Waals surface area contributed by atoms with E-state index in [0.29, 0.717) is 5.25 Å². The maximum atomic E-state index is 8.90. The number of aliphatic hydroxyl groups excluding tert-OH is 2. The molecule has 0 bridgehead atoms. The maximum Gasteiger partial charge on any atom is 0.119 e. The van der Waals surface area contributed by atoms with E-state index in [2.05, 4.69) is 18.8 Å². The average Bonchev–Trinajstić information content (AvgIpc) is 2.43. The van der Waals surface area contributed by atoms with Gasteiger partial charge in [0.15, 0.2) is 0 Å². The van der Waals surface area contributed by atoms with Crippen molar-refractivity contribution in [3.8, 4) is 17.6 Å². The Balaban J connectivity index is 2.82. The van der Waals surface area contributed by atoms with Crippen molar-refractivity contribution in [2.24, 2.45) is 0 Å². The van der Waals surface area contributed by atoms with E-state index in [9.17, 15) is 0 Å². The number of aliphatic hydroxyl groups is 2. The lowest BCUT2D eigenvalue weighted by molar-refractivity contribution is 0.289. The number of ether oxygens (including phenoxy) is 1. The van der Waals surface area contributed by atoms with E-state index >= 15 is 0 Å². The normalized spacial score (nSPS) is 11.6. The maximum absolute atomic E-state index is 8.90. The second kappa shape index (κ2) is 8.87. The van der Waals surface area contributed by atoms with Crippen LogP contribution in [0.25, 0.3) is 0 Å². The van der Waals surface area contributed by atoms with Gasteiger partial charge in [0.25, 0.3) is 0 Å². The van der Waals surface area contributed by atoms with Gasteiger partial charge in [-0.3, -0.25) is 0 Å². The molecule has 2 N–H and O–H groups in total. The molecule has 0 aliphatic rings. The first kappa shape index (κ1) is 15.9. The number of thioether (sulfide) groups is 1. The Morgan fingerprint density at radius 1 is 1.37 bits per heavy atom. The molecule has 0 amide bonds. The molecule has 0 saturated carbocycles. The van der Waals surface area contributed by atoms with E-state index in [1.807, 2.05) is 18.2 Å². The summed E-state index contributed by atoms with van der Waals surface area (Å²) in [5.41, 5.74) is 2.01. The van der Waals surface area contributed by atoms with Gasteiger partial charge in [0.1, 0.15) is 12.4 Å². The van der Waals surface area contributed by atoms with Crippen molar-refractivity contribution in [2.75, 3.05) is 20.3 Å². The summed E-state index contributed by atoms with van der Waals surface area (Å²) in [4.78, 5) is 0. The fraction of sp³-hybridized carbons (Fsp3) is 0.467. The molecule has 1 unspecified atom stereocenters. The van der Waals surface area contributed by atoms with Crippen molar-refractivity contribution in [2.45, 2.75) is 24.3 Å². The molecule has 0 saturated heterocycles. The fourth-order valence-corrected chi connectivity index (χ4v) is 2.55. The number of methoxy groups -OCH3 is 1. The van der Waals surface area contributed by atoms with Crippen LogP contribution >= 0.6 is 11.8 Å². The predicted molar refractivity (Wildman–Crippen MR) is 79.4 cm³/mol. The number of rotatable bonds is 6. The molecule has 0 aromatic heterocycles. The number of hydrogen-bond acceptors (Lipinski definition) is 4. The minimum absolute atomic E-state index is 0.139. The topological polar surface area (TPSA) is 49.7 Å². The van der Waals surface area contributed by atoms with Crippen LogP contribution in [0.3, 0.4) is 0 Å². The minimum Gasteiger partial charge on any atom is -0.497 e. The summed E-state index contributed by atoms with van der Waals surface area (Å²) in [5, 5.41) is 18.1. The number of benzene rings is 1. The van der Waals surface area contributed by atoms with E-state index in [1.54, 1.807) is 18.9 Å². The molecular weight excluding hydrogens is 260 g/mol. The highest BCUT2D eigenvalue weighted by atomic mass is 32.2. The Morgan fingerprint density at radius 2 is 2.16 bits per heavy atom. The van der Waals surface area contributed by atoms with Crippen LogP contribution in [0.2, 0.25) is 0 Å². The first-order valence-electron chi connectivity index (χ1n) is 6.20. The summed E-state index contributed by atoms with van der Waals surface area (Å²) >= 11 is 1.78. The van der Waals surface area contributed by atoms with Gasteiger partial charge in [-0.15, -0.1) is 0 Å². The lowest BCUT2D eigenvalue weighted by Crippen LogP contribution is -2.01. The van der Waals surface area contributed by atoms with Crippen molar-refractivity contribution in [3.63, 3.8) is 0 Å². The van der Waals surface area contributed by atoms with E-state index in [1.165, 1.54) is 0 Å². The summed E-state index contributed by atoms with van der Waals surface area (Å²) < 4.78 is 5.22. The van der Waals surface area contributed by atoms with Crippen molar-refractivity contribution in [1.82, 2.24) is 0 Å². The van der Waals surface area contributed by atoms with Crippen molar-refractivity contribution >= 4 is 11.8 Å². The molecular formula is C15H20O3S. The van der Waals surface area contributed by atoms with Crippen molar-refractivity contribution < 1.29 is 14.9 Å². The highest BCUT2D eigenvalue weighted by Gasteiger charge is 2.07. The highest BCUT2D eigenvalue weighted by molar-refractivity contribution is 7.99. The summed E-state index contributed by atoms with van der Waals surface area (Å²) in [5.74, 6) is 7.24. The molecule has 1 rings (SSSR count). The second-order valence-electron chi connectivity index (χ2n) is 4.12. The minimum atomic E-state index is -0.139. The summed E-state index contributed by atoms with van der Waals surface area (Å²) in [6, 6.07) is 5.75. The zero-order chi connectivity index (χ0) is 14.1. The van der Waals surface area contributed by atoms with Crippen LogP contribution in [0.1, 0.15) is 24.5 Å². The van der Waals surface area contributed by atoms with Crippen LogP contribution in [0.5, 0.6) is 5.75 Å². The SMILES string of the molecule is COc1ccc(C#CCO)c(CSC(C)CCO)c1. The molecule has 19 heavy (non-hydrogen) atoms. The van der Waals surface area contributed by atoms with Crippen molar-refractivity contribution in [1.29, 1.82) is 0 Å². The van der Waals surface area contributed by atoms with Gasteiger partial charge in [0.2, 0.25) is 0 Å². The molecule has 3 nitrogen and oxygen atoms in total. The molecule has 1 aromatic carbocycles. The monoisotopic (exact) mass is 280 g/mol. The van der Waals surface area contributed by atoms with Crippen LogP contribution < -0.4 is 4.74 Å². The third-order valence-electron chi connectivity index (χ3n) is 2.67. The van der Waals surface area contributed by atoms with Gasteiger partial charge < -0.3 is 14.9 Å². The van der Waals surface area contributed by atoms with E-state index in [4.69, 9.17) is 14.9 Å². The Hall–Kier alpha value is -1.15. The number of hydrogen-bond donors (Lipinski definition) is 2. The van der Waals surface area contributed by atoms with Crippen LogP contribution in [0, 0.1) is 11.8 Å². The van der Waals surface area contributed by atoms with Gasteiger partial charge in [-0.25, -0.2) is 0 Å². The van der Waals surface area contributed by atoms with E-state index in [-0.39, 0.29) is 13.2 Å². The van der Waals surface area contributed by atoms with Gasteiger partial charge in [-0.2, -0.15) is 11.8 Å². The molecule has 0 radical (unpaired) electrons. The Morgan fingerprint density at radius 3 is 2.79 bits per heavy atom. The lowest BCUT2D eigenvalue weighted by Gasteiger charge is -2.11. The van der Waals surface area contributed by atoms with Gasteiger partial charge in [0, 0.05) is 23.2 Å². The highest BCUT2D eigenvalue weighted by Crippen LogP contribution is 2.25. The molecule has 0 aliphatic carbocycles. The summed E-state index contributed by atoms with van der Waals surface area (Å²) in [7, 11) is 1.64. The Kier molecular flexibility index (Phi) is 7.42. The first-order valence-corrected chi connectivity index (χ1v) is 7.25. The van der Waals surface area contributed by atoms with Gasteiger partial charge >= 0.3 is 0 Å².